The van der Waals surface area contributed by atoms with E-state index in [1.54, 1.807) is 16.8 Å². The number of rotatable bonds is 6. The predicted octanol–water partition coefficient (Wildman–Crippen LogP) is 5.05. The lowest BCUT2D eigenvalue weighted by atomic mass is 9.83. The summed E-state index contributed by atoms with van der Waals surface area (Å²) in [7, 11) is 0. The smallest absolute Gasteiger partial charge is 0.226 e. The first-order valence-corrected chi connectivity index (χ1v) is 11.0. The van der Waals surface area contributed by atoms with Gasteiger partial charge in [-0.05, 0) is 50.2 Å². The second kappa shape index (κ2) is 7.08. The van der Waals surface area contributed by atoms with Crippen molar-refractivity contribution in [2.75, 3.05) is 0 Å². The molecule has 0 spiro atoms. The Labute approximate surface area is 172 Å². The molecule has 146 valence electrons. The Morgan fingerprint density at radius 3 is 2.93 bits per heavy atom. The Morgan fingerprint density at radius 1 is 1.36 bits per heavy atom. The number of halogens is 1. The highest BCUT2D eigenvalue weighted by molar-refractivity contribution is 7.07. The predicted molar refractivity (Wildman–Crippen MR) is 111 cm³/mol. The highest BCUT2D eigenvalue weighted by atomic mass is 35.5. The summed E-state index contributed by atoms with van der Waals surface area (Å²) in [6.45, 7) is 0.897. The third kappa shape index (κ3) is 3.29. The lowest BCUT2D eigenvalue weighted by Gasteiger charge is -2.24. The van der Waals surface area contributed by atoms with Crippen molar-refractivity contribution < 1.29 is 9.53 Å². The van der Waals surface area contributed by atoms with Crippen LogP contribution in [0.3, 0.4) is 0 Å². The van der Waals surface area contributed by atoms with E-state index in [0.29, 0.717) is 23.9 Å². The normalized spacial score (nSPS) is 23.4. The third-order valence-electron chi connectivity index (χ3n) is 6.25. The van der Waals surface area contributed by atoms with Crippen molar-refractivity contribution in [3.05, 3.63) is 45.5 Å². The average Bonchev–Trinajstić information content (AvgIpc) is 3.48. The first-order valence-electron chi connectivity index (χ1n) is 9.71. The number of thiazole rings is 1. The molecule has 0 radical (unpaired) electrons. The molecule has 2 N–H and O–H groups in total. The van der Waals surface area contributed by atoms with E-state index < -0.39 is 0 Å². The summed E-state index contributed by atoms with van der Waals surface area (Å²) in [6.07, 6.45) is 5.59. The van der Waals surface area contributed by atoms with E-state index in [1.165, 1.54) is 12.8 Å². The fraction of sp³-hybridized carbons (Fsp3) is 0.429. The minimum absolute atomic E-state index is 0.101. The number of aromatic nitrogens is 2. The molecule has 2 aromatic heterocycles. The molecule has 2 aliphatic rings. The molecule has 2 fully saturated rings. The summed E-state index contributed by atoms with van der Waals surface area (Å²) in [5.74, 6) is 1.61. The van der Waals surface area contributed by atoms with Crippen LogP contribution in [0.4, 0.5) is 0 Å². The van der Waals surface area contributed by atoms with Crippen LogP contribution in [0.5, 0.6) is 5.75 Å². The second-order valence-corrected chi connectivity index (χ2v) is 9.17. The van der Waals surface area contributed by atoms with Gasteiger partial charge in [0.1, 0.15) is 12.4 Å². The van der Waals surface area contributed by atoms with Crippen LogP contribution in [0.2, 0.25) is 5.02 Å². The maximum Gasteiger partial charge on any atom is 0.226 e. The highest BCUT2D eigenvalue weighted by Crippen LogP contribution is 2.54. The van der Waals surface area contributed by atoms with Gasteiger partial charge in [0, 0.05) is 33.5 Å². The maximum atomic E-state index is 12.7. The molecule has 0 saturated heterocycles. The van der Waals surface area contributed by atoms with Gasteiger partial charge in [-0.3, -0.25) is 4.79 Å². The Balaban J connectivity index is 1.27. The van der Waals surface area contributed by atoms with Gasteiger partial charge in [0.15, 0.2) is 0 Å². The van der Waals surface area contributed by atoms with E-state index >= 15 is 0 Å². The number of benzene rings is 1. The van der Waals surface area contributed by atoms with E-state index in [0.717, 1.165) is 47.5 Å². The van der Waals surface area contributed by atoms with Gasteiger partial charge in [-0.1, -0.05) is 11.6 Å². The fourth-order valence-corrected chi connectivity index (χ4v) is 5.50. The van der Waals surface area contributed by atoms with Crippen LogP contribution >= 0.6 is 22.9 Å². The molecule has 7 heteroatoms. The Hall–Kier alpha value is -2.05. The van der Waals surface area contributed by atoms with Gasteiger partial charge in [-0.15, -0.1) is 11.3 Å². The van der Waals surface area contributed by atoms with Gasteiger partial charge in [0.05, 0.1) is 22.8 Å². The zero-order valence-electron chi connectivity index (χ0n) is 15.5. The van der Waals surface area contributed by atoms with Crippen LogP contribution < -0.4 is 10.1 Å². The molecule has 0 aliphatic heterocycles. The Kier molecular flexibility index (Phi) is 4.56. The van der Waals surface area contributed by atoms with Crippen molar-refractivity contribution in [1.82, 2.24) is 15.3 Å². The van der Waals surface area contributed by atoms with E-state index in [4.69, 9.17) is 16.3 Å². The molecule has 2 heterocycles. The van der Waals surface area contributed by atoms with Crippen molar-refractivity contribution in [2.45, 2.75) is 45.3 Å². The van der Waals surface area contributed by atoms with Gasteiger partial charge in [0.2, 0.25) is 5.91 Å². The van der Waals surface area contributed by atoms with Crippen LogP contribution in [-0.2, 0) is 17.9 Å². The molecular formula is C21H22ClN3O2S. The number of carbonyl (C=O) groups excluding carboxylic acids is 1. The van der Waals surface area contributed by atoms with Gasteiger partial charge < -0.3 is 15.0 Å². The van der Waals surface area contributed by atoms with Crippen molar-refractivity contribution in [3.63, 3.8) is 0 Å². The number of ether oxygens (including phenoxy) is 1. The first kappa shape index (κ1) is 18.0. The zero-order valence-corrected chi connectivity index (χ0v) is 17.0. The van der Waals surface area contributed by atoms with Gasteiger partial charge in [-0.25, -0.2) is 4.98 Å². The van der Waals surface area contributed by atoms with Crippen LogP contribution in [0.25, 0.3) is 10.9 Å². The van der Waals surface area contributed by atoms with E-state index in [1.807, 2.05) is 23.6 Å². The largest absolute Gasteiger partial charge is 0.486 e. The number of carbonyl (C=O) groups is 1. The molecular weight excluding hydrogens is 394 g/mol. The quantitative estimate of drug-likeness (QED) is 0.591. The first-order chi connectivity index (χ1) is 13.6. The zero-order chi connectivity index (χ0) is 19.1. The van der Waals surface area contributed by atoms with Crippen LogP contribution in [0.15, 0.2) is 29.1 Å². The molecule has 0 atom stereocenters. The number of hydrogen-bond acceptors (Lipinski definition) is 4. The number of H-pyrrole nitrogens is 1. The Bertz CT molecular complexity index is 1010. The summed E-state index contributed by atoms with van der Waals surface area (Å²) in [6, 6.07) is 5.84. The van der Waals surface area contributed by atoms with Crippen molar-refractivity contribution in [2.24, 2.45) is 11.3 Å². The number of nitrogens with zero attached hydrogens (tertiary/aromatic N) is 1. The van der Waals surface area contributed by atoms with Crippen molar-refractivity contribution >= 4 is 39.7 Å². The van der Waals surface area contributed by atoms with E-state index in [2.05, 4.69) is 15.3 Å². The minimum atomic E-state index is -0.101. The highest BCUT2D eigenvalue weighted by Gasteiger charge is 2.49. The number of amides is 1. The molecule has 0 unspecified atom stereocenters. The monoisotopic (exact) mass is 415 g/mol. The maximum absolute atomic E-state index is 12.7. The van der Waals surface area contributed by atoms with E-state index in [-0.39, 0.29) is 11.3 Å². The second-order valence-electron chi connectivity index (χ2n) is 8.04. The number of hydrogen-bond donors (Lipinski definition) is 2. The summed E-state index contributed by atoms with van der Waals surface area (Å²) in [5, 5.41) is 6.69. The van der Waals surface area contributed by atoms with Crippen LogP contribution in [0, 0.1) is 11.3 Å². The fourth-order valence-electron chi connectivity index (χ4n) is 4.73. The summed E-state index contributed by atoms with van der Waals surface area (Å²) < 4.78 is 5.82. The third-order valence-corrected chi connectivity index (χ3v) is 7.18. The van der Waals surface area contributed by atoms with Crippen LogP contribution in [-0.4, -0.2) is 15.9 Å². The minimum Gasteiger partial charge on any atom is -0.486 e. The standard InChI is InChI=1S/C21H22ClN3O2S/c22-17-6-14-5-15(9-23-20(26)21-3-1-13(8-21)2-4-21)25-18(14)7-19(17)27-10-16-11-28-12-24-16/h5-7,11-13,25H,1-4,8-10H2,(H,23,26). The summed E-state index contributed by atoms with van der Waals surface area (Å²) in [4.78, 5) is 20.3. The molecule has 5 nitrogen and oxygen atoms in total. The number of aromatic amines is 1. The van der Waals surface area contributed by atoms with E-state index in [9.17, 15) is 4.79 Å². The molecule has 28 heavy (non-hydrogen) atoms. The van der Waals surface area contributed by atoms with Gasteiger partial charge in [0.25, 0.3) is 0 Å². The van der Waals surface area contributed by atoms with Gasteiger partial charge in [-0.2, -0.15) is 0 Å². The number of nitrogens with one attached hydrogen (secondary N) is 2. The summed E-state index contributed by atoms with van der Waals surface area (Å²) in [5.41, 5.74) is 4.49. The topological polar surface area (TPSA) is 67.0 Å². The summed E-state index contributed by atoms with van der Waals surface area (Å²) >= 11 is 7.92. The molecule has 1 aromatic carbocycles. The molecule has 5 rings (SSSR count). The van der Waals surface area contributed by atoms with Crippen molar-refractivity contribution in [1.29, 1.82) is 0 Å². The molecule has 2 bridgehead atoms. The number of fused-ring (bicyclic) bond motifs is 3. The average molecular weight is 416 g/mol. The SMILES string of the molecule is O=C(NCc1cc2cc(Cl)c(OCc3cscn3)cc2[nH]1)C12CCC(CC1)C2. The molecule has 3 aromatic rings. The molecule has 2 saturated carbocycles. The molecule has 1 amide bonds. The molecule has 2 aliphatic carbocycles. The lowest BCUT2D eigenvalue weighted by Crippen LogP contribution is -2.37. The van der Waals surface area contributed by atoms with Crippen LogP contribution in [0.1, 0.15) is 43.5 Å². The van der Waals surface area contributed by atoms with Gasteiger partial charge >= 0.3 is 0 Å². The van der Waals surface area contributed by atoms with Crippen molar-refractivity contribution in [3.8, 4) is 5.75 Å². The lowest BCUT2D eigenvalue weighted by molar-refractivity contribution is -0.130. The Morgan fingerprint density at radius 2 is 2.21 bits per heavy atom.